The number of halogens is 1. The van der Waals surface area contributed by atoms with Gasteiger partial charge >= 0.3 is 5.97 Å². The molecular formula is C27H23ClN2O5. The van der Waals surface area contributed by atoms with Gasteiger partial charge in [-0.2, -0.15) is 0 Å². The van der Waals surface area contributed by atoms with Crippen LogP contribution < -0.4 is 10.6 Å². The number of aromatic carboxylic acids is 1. The molecule has 0 spiro atoms. The molecule has 0 aliphatic rings. The largest absolute Gasteiger partial charge is 0.478 e. The molecule has 0 aromatic heterocycles. The van der Waals surface area contributed by atoms with Crippen molar-refractivity contribution < 1.29 is 24.3 Å². The molecule has 178 valence electrons. The number of hydrogen-bond acceptors (Lipinski definition) is 4. The highest BCUT2D eigenvalue weighted by Crippen LogP contribution is 2.18. The SMILES string of the molecule is CC(=O)c1ccc(Cl)cc1/C=C/C(=O)N[C@@H](Cc1ccccc1)C(=O)Nc1ccc(C(=O)O)cc1. The van der Waals surface area contributed by atoms with E-state index >= 15 is 0 Å². The third-order valence-electron chi connectivity index (χ3n) is 5.12. The van der Waals surface area contributed by atoms with E-state index in [1.54, 1.807) is 18.2 Å². The fraction of sp³-hybridized carbons (Fsp3) is 0.111. The number of benzene rings is 3. The van der Waals surface area contributed by atoms with Crippen molar-refractivity contribution in [1.29, 1.82) is 0 Å². The zero-order valence-electron chi connectivity index (χ0n) is 18.8. The summed E-state index contributed by atoms with van der Waals surface area (Å²) in [6.07, 6.45) is 2.94. The predicted octanol–water partition coefficient (Wildman–Crippen LogP) is 4.62. The van der Waals surface area contributed by atoms with Crippen LogP contribution in [-0.2, 0) is 16.0 Å². The van der Waals surface area contributed by atoms with Gasteiger partial charge in [-0.15, -0.1) is 0 Å². The maximum absolute atomic E-state index is 13.0. The summed E-state index contributed by atoms with van der Waals surface area (Å²) >= 11 is 6.03. The summed E-state index contributed by atoms with van der Waals surface area (Å²) in [7, 11) is 0. The molecule has 0 aliphatic carbocycles. The van der Waals surface area contributed by atoms with Gasteiger partial charge in [0.2, 0.25) is 11.8 Å². The molecule has 3 rings (SSSR count). The minimum atomic E-state index is -1.07. The lowest BCUT2D eigenvalue weighted by molar-refractivity contribution is -0.123. The Balaban J connectivity index is 1.78. The van der Waals surface area contributed by atoms with E-state index in [1.807, 2.05) is 30.3 Å². The fourth-order valence-corrected chi connectivity index (χ4v) is 3.54. The molecule has 2 amide bonds. The molecule has 0 bridgehead atoms. The molecule has 0 saturated carbocycles. The summed E-state index contributed by atoms with van der Waals surface area (Å²) in [6.45, 7) is 1.42. The lowest BCUT2D eigenvalue weighted by atomic mass is 10.0. The zero-order chi connectivity index (χ0) is 25.4. The van der Waals surface area contributed by atoms with Crippen LogP contribution in [0, 0.1) is 0 Å². The van der Waals surface area contributed by atoms with Crippen molar-refractivity contribution in [2.45, 2.75) is 19.4 Å². The average Bonchev–Trinajstić information content (AvgIpc) is 2.83. The first-order valence-corrected chi connectivity index (χ1v) is 11.1. The third-order valence-corrected chi connectivity index (χ3v) is 5.36. The maximum Gasteiger partial charge on any atom is 0.335 e. The van der Waals surface area contributed by atoms with Gasteiger partial charge in [0.25, 0.3) is 0 Å². The molecule has 3 aromatic carbocycles. The lowest BCUT2D eigenvalue weighted by Crippen LogP contribution is -2.44. The van der Waals surface area contributed by atoms with E-state index in [4.69, 9.17) is 16.7 Å². The van der Waals surface area contributed by atoms with Crippen molar-refractivity contribution >= 4 is 46.9 Å². The molecular weight excluding hydrogens is 468 g/mol. The summed E-state index contributed by atoms with van der Waals surface area (Å²) in [6, 6.07) is 18.8. The summed E-state index contributed by atoms with van der Waals surface area (Å²) in [5, 5.41) is 14.9. The molecule has 0 fully saturated rings. The van der Waals surface area contributed by atoms with Crippen LogP contribution in [0.25, 0.3) is 6.08 Å². The van der Waals surface area contributed by atoms with Crippen LogP contribution in [0.4, 0.5) is 5.69 Å². The number of Topliss-reactive ketones (excluding diaryl/α,β-unsaturated/α-hetero) is 1. The van der Waals surface area contributed by atoms with E-state index in [0.29, 0.717) is 21.8 Å². The number of hydrogen-bond donors (Lipinski definition) is 3. The molecule has 0 radical (unpaired) electrons. The van der Waals surface area contributed by atoms with Crippen molar-refractivity contribution in [3.8, 4) is 0 Å². The highest BCUT2D eigenvalue weighted by molar-refractivity contribution is 6.31. The quantitative estimate of drug-likeness (QED) is 0.299. The highest BCUT2D eigenvalue weighted by Gasteiger charge is 2.21. The number of rotatable bonds is 9. The number of anilines is 1. The van der Waals surface area contributed by atoms with E-state index in [2.05, 4.69) is 10.6 Å². The molecule has 3 aromatic rings. The summed E-state index contributed by atoms with van der Waals surface area (Å²) < 4.78 is 0. The lowest BCUT2D eigenvalue weighted by Gasteiger charge is -2.18. The Labute approximate surface area is 207 Å². The predicted molar refractivity (Wildman–Crippen MR) is 135 cm³/mol. The Morgan fingerprint density at radius 2 is 1.66 bits per heavy atom. The zero-order valence-corrected chi connectivity index (χ0v) is 19.6. The van der Waals surface area contributed by atoms with Gasteiger partial charge in [0.15, 0.2) is 5.78 Å². The molecule has 1 atom stereocenters. The van der Waals surface area contributed by atoms with E-state index in [9.17, 15) is 19.2 Å². The first kappa shape index (κ1) is 25.4. The van der Waals surface area contributed by atoms with Gasteiger partial charge in [-0.3, -0.25) is 14.4 Å². The first-order valence-electron chi connectivity index (χ1n) is 10.7. The van der Waals surface area contributed by atoms with Crippen molar-refractivity contribution in [3.63, 3.8) is 0 Å². The van der Waals surface area contributed by atoms with Crippen LogP contribution in [0.15, 0.2) is 78.9 Å². The smallest absolute Gasteiger partial charge is 0.335 e. The van der Waals surface area contributed by atoms with Gasteiger partial charge in [-0.1, -0.05) is 41.9 Å². The van der Waals surface area contributed by atoms with Gasteiger partial charge < -0.3 is 15.7 Å². The molecule has 0 saturated heterocycles. The number of carbonyl (C=O) groups excluding carboxylic acids is 3. The van der Waals surface area contributed by atoms with Crippen molar-refractivity contribution in [3.05, 3.63) is 106 Å². The van der Waals surface area contributed by atoms with Crippen LogP contribution >= 0.6 is 11.6 Å². The van der Waals surface area contributed by atoms with Gasteiger partial charge in [-0.05, 0) is 66.6 Å². The Kier molecular flexibility index (Phi) is 8.53. The molecule has 8 heteroatoms. The Morgan fingerprint density at radius 3 is 2.29 bits per heavy atom. The number of carbonyl (C=O) groups is 4. The monoisotopic (exact) mass is 490 g/mol. The minimum absolute atomic E-state index is 0.0909. The van der Waals surface area contributed by atoms with Crippen molar-refractivity contribution in [1.82, 2.24) is 5.32 Å². The van der Waals surface area contributed by atoms with Crippen LogP contribution in [-0.4, -0.2) is 34.7 Å². The van der Waals surface area contributed by atoms with Gasteiger partial charge in [-0.25, -0.2) is 4.79 Å². The standard InChI is InChI=1S/C27H23ClN2O5/c1-17(31)23-13-10-21(28)16-20(23)9-14-25(32)30-24(15-18-5-3-2-4-6-18)26(33)29-22-11-7-19(8-12-22)27(34)35/h2-14,16,24H,15H2,1H3,(H,29,33)(H,30,32)(H,34,35)/b14-9+/t24-/m0/s1. The van der Waals surface area contributed by atoms with Crippen molar-refractivity contribution in [2.75, 3.05) is 5.32 Å². The van der Waals surface area contributed by atoms with E-state index in [-0.39, 0.29) is 17.8 Å². The number of carboxylic acids is 1. The Morgan fingerprint density at radius 1 is 0.971 bits per heavy atom. The molecule has 0 unspecified atom stereocenters. The fourth-order valence-electron chi connectivity index (χ4n) is 3.36. The molecule has 0 heterocycles. The topological polar surface area (TPSA) is 113 Å². The van der Waals surface area contributed by atoms with E-state index in [0.717, 1.165) is 5.56 Å². The molecule has 3 N–H and O–H groups in total. The second kappa shape index (κ2) is 11.8. The number of nitrogens with one attached hydrogen (secondary N) is 2. The second-order valence-electron chi connectivity index (χ2n) is 7.74. The van der Waals surface area contributed by atoms with Crippen molar-refractivity contribution in [2.24, 2.45) is 0 Å². The van der Waals surface area contributed by atoms with Crippen LogP contribution in [0.1, 0.15) is 38.8 Å². The Bertz CT molecular complexity index is 1270. The molecule has 7 nitrogen and oxygen atoms in total. The maximum atomic E-state index is 13.0. The normalized spacial score (nSPS) is 11.6. The third kappa shape index (κ3) is 7.38. The first-order chi connectivity index (χ1) is 16.7. The van der Waals surface area contributed by atoms with Gasteiger partial charge in [0.05, 0.1) is 5.56 Å². The van der Waals surface area contributed by atoms with Crippen LogP contribution in [0.3, 0.4) is 0 Å². The average molecular weight is 491 g/mol. The molecule has 35 heavy (non-hydrogen) atoms. The number of ketones is 1. The van der Waals surface area contributed by atoms with E-state index in [1.165, 1.54) is 43.3 Å². The summed E-state index contributed by atoms with van der Waals surface area (Å²) in [4.78, 5) is 48.6. The van der Waals surface area contributed by atoms with Gasteiger partial charge in [0, 0.05) is 28.8 Å². The van der Waals surface area contributed by atoms with Crippen LogP contribution in [0.5, 0.6) is 0 Å². The Hall–Kier alpha value is -4.23. The highest BCUT2D eigenvalue weighted by atomic mass is 35.5. The summed E-state index contributed by atoms with van der Waals surface area (Å²) in [5.74, 6) is -2.24. The van der Waals surface area contributed by atoms with E-state index < -0.39 is 23.8 Å². The second-order valence-corrected chi connectivity index (χ2v) is 8.18. The number of amides is 2. The van der Waals surface area contributed by atoms with Crippen LogP contribution in [0.2, 0.25) is 5.02 Å². The van der Waals surface area contributed by atoms with Gasteiger partial charge in [0.1, 0.15) is 6.04 Å². The number of carboxylic acid groups (broad SMARTS) is 1. The summed E-state index contributed by atoms with van der Waals surface area (Å²) in [5.41, 5.74) is 2.23. The minimum Gasteiger partial charge on any atom is -0.478 e. The molecule has 0 aliphatic heterocycles.